The molecule has 5 nitrogen and oxygen atoms in total. The molecule has 2 rings (SSSR count). The zero-order chi connectivity index (χ0) is 17.7. The van der Waals surface area contributed by atoms with Crippen LogP contribution in [0.4, 0.5) is 13.2 Å². The molecule has 0 unspecified atom stereocenters. The second-order valence-corrected chi connectivity index (χ2v) is 5.55. The van der Waals surface area contributed by atoms with E-state index in [1.165, 1.54) is 13.2 Å². The number of guanidine groups is 1. The Morgan fingerprint density at radius 2 is 1.92 bits per heavy atom. The van der Waals surface area contributed by atoms with Gasteiger partial charge in [0.1, 0.15) is 0 Å². The van der Waals surface area contributed by atoms with Crippen LogP contribution >= 0.6 is 0 Å². The highest BCUT2D eigenvalue weighted by Gasteiger charge is 2.36. The summed E-state index contributed by atoms with van der Waals surface area (Å²) >= 11 is 0. The number of halogens is 3. The van der Waals surface area contributed by atoms with Crippen LogP contribution in [-0.4, -0.2) is 34.7 Å². The van der Waals surface area contributed by atoms with Gasteiger partial charge in [0, 0.05) is 39.4 Å². The molecular weight excluding hydrogens is 319 g/mol. The van der Waals surface area contributed by atoms with Gasteiger partial charge in [0.15, 0.2) is 11.7 Å². The first-order valence-corrected chi connectivity index (χ1v) is 7.36. The molecule has 24 heavy (non-hydrogen) atoms. The fourth-order valence-corrected chi connectivity index (χ4v) is 2.18. The Bertz CT molecular complexity index is 689. The summed E-state index contributed by atoms with van der Waals surface area (Å²) in [5.41, 5.74) is 0.230. The van der Waals surface area contributed by atoms with E-state index in [0.29, 0.717) is 12.5 Å². The molecule has 0 saturated heterocycles. The van der Waals surface area contributed by atoms with E-state index in [0.717, 1.165) is 10.2 Å². The zero-order valence-electron chi connectivity index (χ0n) is 13.8. The van der Waals surface area contributed by atoms with E-state index in [9.17, 15) is 13.2 Å². The summed E-state index contributed by atoms with van der Waals surface area (Å²) in [4.78, 5) is 6.16. The Morgan fingerprint density at radius 1 is 1.25 bits per heavy atom. The Balaban J connectivity index is 2.10. The molecule has 1 aromatic heterocycles. The van der Waals surface area contributed by atoms with Crippen molar-refractivity contribution in [2.75, 3.05) is 14.1 Å². The van der Waals surface area contributed by atoms with Gasteiger partial charge in [-0.25, -0.2) is 4.99 Å². The zero-order valence-corrected chi connectivity index (χ0v) is 13.8. The highest BCUT2D eigenvalue weighted by molar-refractivity contribution is 5.79. The maximum absolute atomic E-state index is 13.0. The van der Waals surface area contributed by atoms with Gasteiger partial charge in [-0.3, -0.25) is 4.68 Å². The minimum atomic E-state index is -4.47. The summed E-state index contributed by atoms with van der Waals surface area (Å²) in [6.07, 6.45) is -3.11. The fraction of sp³-hybridized carbons (Fsp3) is 0.375. The van der Waals surface area contributed by atoms with Crippen LogP contribution in [0.2, 0.25) is 0 Å². The van der Waals surface area contributed by atoms with Crippen LogP contribution in [0.1, 0.15) is 16.8 Å². The van der Waals surface area contributed by atoms with Crippen molar-refractivity contribution in [1.82, 2.24) is 20.0 Å². The number of alkyl halides is 3. The molecule has 0 fully saturated rings. The van der Waals surface area contributed by atoms with Crippen molar-refractivity contribution in [2.45, 2.75) is 19.3 Å². The Labute approximate surface area is 138 Å². The van der Waals surface area contributed by atoms with Crippen LogP contribution in [0.5, 0.6) is 0 Å². The van der Waals surface area contributed by atoms with Gasteiger partial charge < -0.3 is 10.2 Å². The summed E-state index contributed by atoms with van der Waals surface area (Å²) in [6, 6.07) is 9.64. The first kappa shape index (κ1) is 17.8. The van der Waals surface area contributed by atoms with Crippen LogP contribution in [0.15, 0.2) is 41.5 Å². The normalized spacial score (nSPS) is 12.3. The van der Waals surface area contributed by atoms with Gasteiger partial charge in [-0.15, -0.1) is 0 Å². The van der Waals surface area contributed by atoms with Gasteiger partial charge in [0.25, 0.3) is 0 Å². The molecule has 0 aliphatic rings. The molecule has 0 aliphatic carbocycles. The van der Waals surface area contributed by atoms with E-state index in [1.54, 1.807) is 19.0 Å². The molecule has 130 valence electrons. The number of hydrogen-bond donors (Lipinski definition) is 1. The molecule has 8 heteroatoms. The number of aryl methyl sites for hydroxylation is 1. The van der Waals surface area contributed by atoms with E-state index >= 15 is 0 Å². The Hall–Kier alpha value is -2.51. The van der Waals surface area contributed by atoms with Gasteiger partial charge in [0.2, 0.25) is 0 Å². The van der Waals surface area contributed by atoms with E-state index in [4.69, 9.17) is 0 Å². The first-order valence-electron chi connectivity index (χ1n) is 7.36. The monoisotopic (exact) mass is 339 g/mol. The van der Waals surface area contributed by atoms with Crippen LogP contribution in [0.25, 0.3) is 0 Å². The standard InChI is InChI=1S/C16H20F3N5/c1-23(2)15(20-9-12-7-5-4-6-8-12)21-10-13-11-24(3)22-14(13)16(17,18)19/h4-8,11H,9-10H2,1-3H3,(H,20,21). The summed E-state index contributed by atoms with van der Waals surface area (Å²) in [5, 5.41) is 6.45. The third-order valence-corrected chi connectivity index (χ3v) is 3.29. The smallest absolute Gasteiger partial charge is 0.352 e. The molecule has 0 amide bonds. The summed E-state index contributed by atoms with van der Waals surface area (Å²) in [5.74, 6) is 0.510. The molecule has 1 heterocycles. The van der Waals surface area contributed by atoms with Crippen molar-refractivity contribution < 1.29 is 13.2 Å². The minimum Gasteiger partial charge on any atom is -0.352 e. The molecule has 0 spiro atoms. The topological polar surface area (TPSA) is 45.5 Å². The van der Waals surface area contributed by atoms with E-state index in [2.05, 4.69) is 15.4 Å². The maximum atomic E-state index is 13.0. The largest absolute Gasteiger partial charge is 0.435 e. The van der Waals surface area contributed by atoms with E-state index in [1.807, 2.05) is 30.3 Å². The van der Waals surface area contributed by atoms with Gasteiger partial charge in [0.05, 0.1) is 6.54 Å². The molecular formula is C16H20F3N5. The van der Waals surface area contributed by atoms with Gasteiger partial charge >= 0.3 is 6.18 Å². The predicted octanol–water partition coefficient (Wildman–Crippen LogP) is 2.65. The van der Waals surface area contributed by atoms with Crippen molar-refractivity contribution in [3.05, 3.63) is 53.3 Å². The first-order chi connectivity index (χ1) is 11.3. The molecule has 0 radical (unpaired) electrons. The number of aliphatic imine (C=N–C) groups is 1. The maximum Gasteiger partial charge on any atom is 0.435 e. The third kappa shape index (κ3) is 4.74. The number of hydrogen-bond acceptors (Lipinski definition) is 2. The van der Waals surface area contributed by atoms with E-state index in [-0.39, 0.29) is 12.1 Å². The summed E-state index contributed by atoms with van der Waals surface area (Å²) < 4.78 is 40.1. The second-order valence-electron chi connectivity index (χ2n) is 5.55. The second kappa shape index (κ2) is 7.37. The van der Waals surface area contributed by atoms with Crippen molar-refractivity contribution in [3.8, 4) is 0 Å². The van der Waals surface area contributed by atoms with Crippen LogP contribution < -0.4 is 5.32 Å². The lowest BCUT2D eigenvalue weighted by Crippen LogP contribution is -2.36. The molecule has 0 bridgehead atoms. The number of aromatic nitrogens is 2. The van der Waals surface area contributed by atoms with Gasteiger partial charge in [-0.1, -0.05) is 30.3 Å². The molecule has 0 atom stereocenters. The lowest BCUT2D eigenvalue weighted by atomic mass is 10.2. The molecule has 0 saturated carbocycles. The molecule has 2 aromatic rings. The summed E-state index contributed by atoms with van der Waals surface area (Å²) in [6.45, 7) is 0.439. The number of rotatable bonds is 4. The minimum absolute atomic E-state index is 0.00547. The SMILES string of the molecule is CN(C)C(=NCc1ccccc1)NCc1cn(C)nc1C(F)(F)F. The highest BCUT2D eigenvalue weighted by Crippen LogP contribution is 2.30. The van der Waals surface area contributed by atoms with Crippen molar-refractivity contribution in [3.63, 3.8) is 0 Å². The van der Waals surface area contributed by atoms with E-state index < -0.39 is 11.9 Å². The quantitative estimate of drug-likeness (QED) is 0.688. The lowest BCUT2D eigenvalue weighted by Gasteiger charge is -2.18. The number of nitrogens with one attached hydrogen (secondary N) is 1. The van der Waals surface area contributed by atoms with Gasteiger partial charge in [-0.2, -0.15) is 18.3 Å². The van der Waals surface area contributed by atoms with Crippen molar-refractivity contribution in [1.29, 1.82) is 0 Å². The summed E-state index contributed by atoms with van der Waals surface area (Å²) in [7, 11) is 5.03. The molecule has 1 aromatic carbocycles. The van der Waals surface area contributed by atoms with Crippen molar-refractivity contribution in [2.24, 2.45) is 12.0 Å². The number of benzene rings is 1. The lowest BCUT2D eigenvalue weighted by molar-refractivity contribution is -0.142. The Kier molecular flexibility index (Phi) is 5.48. The predicted molar refractivity (Wildman–Crippen MR) is 86.3 cm³/mol. The molecule has 1 N–H and O–H groups in total. The number of nitrogens with zero attached hydrogens (tertiary/aromatic N) is 4. The third-order valence-electron chi connectivity index (χ3n) is 3.29. The van der Waals surface area contributed by atoms with Crippen molar-refractivity contribution >= 4 is 5.96 Å². The van der Waals surface area contributed by atoms with Gasteiger partial charge in [-0.05, 0) is 5.56 Å². The van der Waals surface area contributed by atoms with Crippen LogP contribution in [0, 0.1) is 0 Å². The van der Waals surface area contributed by atoms with Crippen LogP contribution in [-0.2, 0) is 26.3 Å². The average molecular weight is 339 g/mol. The fourth-order valence-electron chi connectivity index (χ4n) is 2.18. The Morgan fingerprint density at radius 3 is 2.50 bits per heavy atom. The molecule has 0 aliphatic heterocycles. The highest BCUT2D eigenvalue weighted by atomic mass is 19.4. The van der Waals surface area contributed by atoms with Crippen LogP contribution in [0.3, 0.4) is 0 Å². The average Bonchev–Trinajstić information content (AvgIpc) is 2.89.